The Morgan fingerprint density at radius 3 is 2.47 bits per heavy atom. The lowest BCUT2D eigenvalue weighted by Crippen LogP contribution is -2.37. The lowest BCUT2D eigenvalue weighted by Gasteiger charge is -2.39. The molecule has 1 aliphatic carbocycles. The molecule has 0 amide bonds. The molecule has 1 aromatic carbocycles. The molecule has 1 saturated carbocycles. The van der Waals surface area contributed by atoms with E-state index in [4.69, 9.17) is 5.73 Å². The molecule has 106 valence electrons. The first-order chi connectivity index (χ1) is 8.93. The van der Waals surface area contributed by atoms with Crippen molar-refractivity contribution in [2.24, 2.45) is 11.1 Å². The summed E-state index contributed by atoms with van der Waals surface area (Å²) < 4.78 is 1.12. The molecular weight excluding hydrogens is 300 g/mol. The Balaban J connectivity index is 2.08. The lowest BCUT2D eigenvalue weighted by molar-refractivity contribution is 0.222. The van der Waals surface area contributed by atoms with Gasteiger partial charge in [-0.3, -0.25) is 0 Å². The first-order valence-electron chi connectivity index (χ1n) is 7.14. The molecule has 2 N–H and O–H groups in total. The number of halogens is 1. The highest BCUT2D eigenvalue weighted by Crippen LogP contribution is 2.38. The molecule has 0 radical (unpaired) electrons. The fraction of sp³-hybridized carbons (Fsp3) is 0.625. The zero-order valence-corrected chi connectivity index (χ0v) is 13.8. The standard InChI is InChI=1S/C16H25BrN2/c1-16(2)8-6-13(7-9-16)19(3)14-5-4-12(11-18)15(17)10-14/h4-5,10,13H,6-9,11,18H2,1-3H3. The van der Waals surface area contributed by atoms with Crippen molar-refractivity contribution in [3.8, 4) is 0 Å². The van der Waals surface area contributed by atoms with Crippen LogP contribution in [-0.4, -0.2) is 13.1 Å². The van der Waals surface area contributed by atoms with E-state index >= 15 is 0 Å². The third kappa shape index (κ3) is 3.51. The van der Waals surface area contributed by atoms with E-state index in [1.807, 2.05) is 0 Å². The molecule has 0 bridgehead atoms. The minimum Gasteiger partial charge on any atom is -0.372 e. The van der Waals surface area contributed by atoms with Crippen LogP contribution in [0.5, 0.6) is 0 Å². The van der Waals surface area contributed by atoms with E-state index in [-0.39, 0.29) is 0 Å². The molecule has 0 heterocycles. The van der Waals surface area contributed by atoms with E-state index in [0.29, 0.717) is 18.0 Å². The average Bonchev–Trinajstić information content (AvgIpc) is 2.38. The summed E-state index contributed by atoms with van der Waals surface area (Å²) in [6.07, 6.45) is 5.23. The van der Waals surface area contributed by atoms with Crippen LogP contribution >= 0.6 is 15.9 Å². The van der Waals surface area contributed by atoms with Gasteiger partial charge >= 0.3 is 0 Å². The first kappa shape index (κ1) is 14.9. The van der Waals surface area contributed by atoms with E-state index in [1.54, 1.807) is 0 Å². The van der Waals surface area contributed by atoms with Crippen molar-refractivity contribution in [3.05, 3.63) is 28.2 Å². The second kappa shape index (κ2) is 5.84. The van der Waals surface area contributed by atoms with E-state index in [9.17, 15) is 0 Å². The number of nitrogens with two attached hydrogens (primary N) is 1. The Morgan fingerprint density at radius 2 is 1.95 bits per heavy atom. The van der Waals surface area contributed by atoms with Crippen LogP contribution in [0.25, 0.3) is 0 Å². The van der Waals surface area contributed by atoms with Gasteiger partial charge in [0.25, 0.3) is 0 Å². The molecule has 0 aromatic heterocycles. The number of nitrogens with zero attached hydrogens (tertiary/aromatic N) is 1. The summed E-state index contributed by atoms with van der Waals surface area (Å²) in [6.45, 7) is 5.36. The quantitative estimate of drug-likeness (QED) is 0.897. The van der Waals surface area contributed by atoms with Crippen molar-refractivity contribution in [3.63, 3.8) is 0 Å². The van der Waals surface area contributed by atoms with Gasteiger partial charge in [0.1, 0.15) is 0 Å². The van der Waals surface area contributed by atoms with Crippen LogP contribution in [0.4, 0.5) is 5.69 Å². The summed E-state index contributed by atoms with van der Waals surface area (Å²) in [6, 6.07) is 7.18. The summed E-state index contributed by atoms with van der Waals surface area (Å²) in [4.78, 5) is 2.43. The molecule has 1 aliphatic rings. The Bertz CT molecular complexity index is 432. The smallest absolute Gasteiger partial charge is 0.0377 e. The van der Waals surface area contributed by atoms with Crippen LogP contribution in [0.3, 0.4) is 0 Å². The van der Waals surface area contributed by atoms with Gasteiger partial charge in [0.05, 0.1) is 0 Å². The zero-order valence-electron chi connectivity index (χ0n) is 12.2. The summed E-state index contributed by atoms with van der Waals surface area (Å²) in [7, 11) is 2.22. The number of benzene rings is 1. The molecule has 3 heteroatoms. The Labute approximate surface area is 125 Å². The van der Waals surface area contributed by atoms with Gasteiger partial charge in [-0.05, 0) is 48.8 Å². The van der Waals surface area contributed by atoms with Gasteiger partial charge in [0.15, 0.2) is 0 Å². The van der Waals surface area contributed by atoms with E-state index in [0.717, 1.165) is 4.47 Å². The fourth-order valence-corrected chi connectivity index (χ4v) is 3.43. The van der Waals surface area contributed by atoms with Crippen molar-refractivity contribution in [1.29, 1.82) is 0 Å². The topological polar surface area (TPSA) is 29.3 Å². The van der Waals surface area contributed by atoms with E-state index in [2.05, 4.69) is 59.9 Å². The minimum atomic E-state index is 0.529. The molecule has 0 spiro atoms. The number of hydrogen-bond acceptors (Lipinski definition) is 2. The number of hydrogen-bond donors (Lipinski definition) is 1. The monoisotopic (exact) mass is 324 g/mol. The van der Waals surface area contributed by atoms with Gasteiger partial charge in [-0.15, -0.1) is 0 Å². The lowest BCUT2D eigenvalue weighted by atomic mass is 9.75. The summed E-state index contributed by atoms with van der Waals surface area (Å²) >= 11 is 3.61. The third-order valence-corrected chi connectivity index (χ3v) is 5.26. The Hall–Kier alpha value is -0.540. The molecule has 2 rings (SSSR count). The van der Waals surface area contributed by atoms with Gasteiger partial charge in [-0.25, -0.2) is 0 Å². The fourth-order valence-electron chi connectivity index (χ4n) is 2.90. The molecule has 0 unspecified atom stereocenters. The van der Waals surface area contributed by atoms with Crippen molar-refractivity contribution in [1.82, 2.24) is 0 Å². The SMILES string of the molecule is CN(c1ccc(CN)c(Br)c1)C1CCC(C)(C)CC1. The van der Waals surface area contributed by atoms with E-state index < -0.39 is 0 Å². The molecule has 19 heavy (non-hydrogen) atoms. The third-order valence-electron chi connectivity index (χ3n) is 4.52. The zero-order chi connectivity index (χ0) is 14.0. The van der Waals surface area contributed by atoms with Crippen molar-refractivity contribution < 1.29 is 0 Å². The summed E-state index contributed by atoms with van der Waals surface area (Å²) in [5, 5.41) is 0. The predicted molar refractivity (Wildman–Crippen MR) is 86.5 cm³/mol. The predicted octanol–water partition coefficient (Wildman–Crippen LogP) is 4.31. The molecule has 2 nitrogen and oxygen atoms in total. The van der Waals surface area contributed by atoms with E-state index in [1.165, 1.54) is 36.9 Å². The number of anilines is 1. The molecule has 1 fully saturated rings. The van der Waals surface area contributed by atoms with Crippen molar-refractivity contribution in [2.45, 2.75) is 52.1 Å². The molecule has 1 aromatic rings. The van der Waals surface area contributed by atoms with Crippen LogP contribution in [0.1, 0.15) is 45.1 Å². The van der Waals surface area contributed by atoms with Gasteiger partial charge < -0.3 is 10.6 Å². The largest absolute Gasteiger partial charge is 0.372 e. The molecule has 0 aliphatic heterocycles. The van der Waals surface area contributed by atoms with Crippen LogP contribution in [0, 0.1) is 5.41 Å². The van der Waals surface area contributed by atoms with Crippen LogP contribution < -0.4 is 10.6 Å². The van der Waals surface area contributed by atoms with Crippen molar-refractivity contribution in [2.75, 3.05) is 11.9 Å². The molecular formula is C16H25BrN2. The van der Waals surface area contributed by atoms with Gasteiger partial charge in [0, 0.05) is 29.8 Å². The molecule has 0 saturated heterocycles. The maximum Gasteiger partial charge on any atom is 0.0377 e. The first-order valence-corrected chi connectivity index (χ1v) is 7.93. The maximum absolute atomic E-state index is 5.71. The summed E-state index contributed by atoms with van der Waals surface area (Å²) in [5.41, 5.74) is 8.69. The average molecular weight is 325 g/mol. The Morgan fingerprint density at radius 1 is 1.32 bits per heavy atom. The van der Waals surface area contributed by atoms with Crippen LogP contribution in [0.2, 0.25) is 0 Å². The van der Waals surface area contributed by atoms with Gasteiger partial charge in [-0.2, -0.15) is 0 Å². The second-order valence-electron chi connectivity index (χ2n) is 6.49. The van der Waals surface area contributed by atoms with Gasteiger partial charge in [0.2, 0.25) is 0 Å². The highest BCUT2D eigenvalue weighted by molar-refractivity contribution is 9.10. The van der Waals surface area contributed by atoms with Crippen molar-refractivity contribution >= 4 is 21.6 Å². The number of rotatable bonds is 3. The Kier molecular flexibility index (Phi) is 4.57. The highest BCUT2D eigenvalue weighted by Gasteiger charge is 2.28. The second-order valence-corrected chi connectivity index (χ2v) is 7.34. The summed E-state index contributed by atoms with van der Waals surface area (Å²) in [5.74, 6) is 0. The normalized spacial score (nSPS) is 19.4. The molecule has 0 atom stereocenters. The van der Waals surface area contributed by atoms with Crippen LogP contribution in [-0.2, 0) is 6.54 Å². The maximum atomic E-state index is 5.71. The van der Waals surface area contributed by atoms with Crippen LogP contribution in [0.15, 0.2) is 22.7 Å². The highest BCUT2D eigenvalue weighted by atomic mass is 79.9. The minimum absolute atomic E-state index is 0.529. The van der Waals surface area contributed by atoms with Gasteiger partial charge in [-0.1, -0.05) is 35.8 Å².